The summed E-state index contributed by atoms with van der Waals surface area (Å²) in [6.07, 6.45) is -4.60. The third-order valence-electron chi connectivity index (χ3n) is 6.90. The Hall–Kier alpha value is -3.63. The fourth-order valence-electron chi connectivity index (χ4n) is 4.86. The highest BCUT2D eigenvalue weighted by Crippen LogP contribution is 2.42. The van der Waals surface area contributed by atoms with Gasteiger partial charge in [0.05, 0.1) is 17.2 Å². The number of halogens is 4. The van der Waals surface area contributed by atoms with Crippen molar-refractivity contribution in [1.29, 1.82) is 0 Å². The van der Waals surface area contributed by atoms with Crippen molar-refractivity contribution < 1.29 is 36.7 Å². The van der Waals surface area contributed by atoms with E-state index in [2.05, 4.69) is 10.6 Å². The number of hydrogen-bond acceptors (Lipinski definition) is 4. The van der Waals surface area contributed by atoms with Crippen LogP contribution in [0.25, 0.3) is 0 Å². The van der Waals surface area contributed by atoms with Crippen molar-refractivity contribution in [1.82, 2.24) is 15.5 Å². The zero-order chi connectivity index (χ0) is 27.0. The van der Waals surface area contributed by atoms with E-state index in [1.165, 1.54) is 4.90 Å². The highest BCUT2D eigenvalue weighted by Gasteiger charge is 2.52. The molecule has 198 valence electrons. The molecule has 3 amide bonds. The molecule has 37 heavy (non-hydrogen) atoms. The van der Waals surface area contributed by atoms with E-state index >= 15 is 0 Å². The molecule has 0 aliphatic carbocycles. The lowest BCUT2D eigenvalue weighted by Gasteiger charge is -2.41. The van der Waals surface area contributed by atoms with Gasteiger partial charge in [-0.05, 0) is 29.7 Å². The molecule has 0 saturated carbocycles. The molecule has 7 nitrogen and oxygen atoms in total. The third-order valence-corrected chi connectivity index (χ3v) is 6.90. The van der Waals surface area contributed by atoms with Gasteiger partial charge in [-0.1, -0.05) is 44.2 Å². The Bertz CT molecular complexity index is 1180. The van der Waals surface area contributed by atoms with Gasteiger partial charge in [-0.2, -0.15) is 13.2 Å². The van der Waals surface area contributed by atoms with Crippen LogP contribution in [-0.4, -0.2) is 47.5 Å². The molecule has 2 unspecified atom stereocenters. The second-order valence-electron chi connectivity index (χ2n) is 9.66. The standard InChI is InChI=1S/C26H27F4N3O4/c1-15(2)20(31-22(34)18-14-17(26(28,29)30)8-9-19(18)27)23(35)33-12-10-25(11-13-33)21(32-24(36)37-25)16-6-4-3-5-7-16/h3-9,14-15,20-21H,10-13H2,1-2H3,(H,31,34)(H,32,36). The highest BCUT2D eigenvalue weighted by molar-refractivity contribution is 5.98. The minimum atomic E-state index is -4.75. The van der Waals surface area contributed by atoms with E-state index in [0.717, 1.165) is 5.56 Å². The molecular weight excluding hydrogens is 494 g/mol. The molecule has 2 aromatic rings. The normalized spacial score (nSPS) is 19.9. The minimum absolute atomic E-state index is 0.230. The Morgan fingerprint density at radius 2 is 1.76 bits per heavy atom. The Morgan fingerprint density at radius 1 is 1.11 bits per heavy atom. The van der Waals surface area contributed by atoms with Crippen LogP contribution < -0.4 is 10.6 Å². The smallest absolute Gasteiger partial charge is 0.416 e. The molecule has 2 aromatic carbocycles. The summed E-state index contributed by atoms with van der Waals surface area (Å²) in [5.41, 5.74) is -1.92. The minimum Gasteiger partial charge on any atom is -0.440 e. The number of likely N-dealkylation sites (tertiary alicyclic amines) is 1. The average molecular weight is 522 g/mol. The second kappa shape index (κ2) is 10.0. The monoisotopic (exact) mass is 521 g/mol. The first-order valence-electron chi connectivity index (χ1n) is 11.9. The van der Waals surface area contributed by atoms with Gasteiger partial charge in [0.1, 0.15) is 17.5 Å². The van der Waals surface area contributed by atoms with Crippen molar-refractivity contribution in [3.63, 3.8) is 0 Å². The summed E-state index contributed by atoms with van der Waals surface area (Å²) in [6.45, 7) is 3.80. The summed E-state index contributed by atoms with van der Waals surface area (Å²) >= 11 is 0. The number of ether oxygens (including phenoxy) is 1. The fraction of sp³-hybridized carbons (Fsp3) is 0.423. The van der Waals surface area contributed by atoms with Gasteiger partial charge in [-0.15, -0.1) is 0 Å². The molecule has 4 rings (SSSR count). The summed E-state index contributed by atoms with van der Waals surface area (Å²) < 4.78 is 59.1. The van der Waals surface area contributed by atoms with Gasteiger partial charge in [0.25, 0.3) is 5.91 Å². The summed E-state index contributed by atoms with van der Waals surface area (Å²) in [7, 11) is 0. The van der Waals surface area contributed by atoms with Crippen molar-refractivity contribution in [2.75, 3.05) is 13.1 Å². The van der Waals surface area contributed by atoms with Crippen molar-refractivity contribution in [3.8, 4) is 0 Å². The Morgan fingerprint density at radius 3 is 2.35 bits per heavy atom. The van der Waals surface area contributed by atoms with Crippen LogP contribution in [0.15, 0.2) is 48.5 Å². The molecule has 2 N–H and O–H groups in total. The maximum Gasteiger partial charge on any atom is 0.416 e. The van der Waals surface area contributed by atoms with E-state index in [-0.39, 0.29) is 19.1 Å². The quantitative estimate of drug-likeness (QED) is 0.570. The van der Waals surface area contributed by atoms with Crippen LogP contribution in [0.5, 0.6) is 0 Å². The molecule has 0 radical (unpaired) electrons. The molecule has 0 bridgehead atoms. The third kappa shape index (κ3) is 5.40. The number of hydrogen-bond donors (Lipinski definition) is 2. The second-order valence-corrected chi connectivity index (χ2v) is 9.66. The lowest BCUT2D eigenvalue weighted by molar-refractivity contribution is -0.139. The number of piperidine rings is 1. The Labute approximate surface area is 211 Å². The van der Waals surface area contributed by atoms with E-state index in [4.69, 9.17) is 4.74 Å². The molecule has 2 aliphatic rings. The number of alkyl halides is 3. The molecule has 2 atom stereocenters. The topological polar surface area (TPSA) is 87.7 Å². The summed E-state index contributed by atoms with van der Waals surface area (Å²) in [5.74, 6) is -3.10. The predicted octanol–water partition coefficient (Wildman–Crippen LogP) is 4.44. The zero-order valence-electron chi connectivity index (χ0n) is 20.3. The van der Waals surface area contributed by atoms with Crippen LogP contribution in [0.2, 0.25) is 0 Å². The number of nitrogens with one attached hydrogen (secondary N) is 2. The summed E-state index contributed by atoms with van der Waals surface area (Å²) in [6, 6.07) is 9.43. The molecular formula is C26H27F4N3O4. The van der Waals surface area contributed by atoms with Gasteiger partial charge in [0, 0.05) is 25.9 Å². The SMILES string of the molecule is CC(C)C(NC(=O)c1cc(C(F)(F)F)ccc1F)C(=O)N1CCC2(CC1)OC(=O)NC2c1ccccc1. The summed E-state index contributed by atoms with van der Waals surface area (Å²) in [4.78, 5) is 39.7. The van der Waals surface area contributed by atoms with Gasteiger partial charge in [-0.25, -0.2) is 9.18 Å². The Balaban J connectivity index is 1.47. The lowest BCUT2D eigenvalue weighted by atomic mass is 9.81. The van der Waals surface area contributed by atoms with Crippen molar-refractivity contribution >= 4 is 17.9 Å². The largest absolute Gasteiger partial charge is 0.440 e. The van der Waals surface area contributed by atoms with Crippen LogP contribution >= 0.6 is 0 Å². The predicted molar refractivity (Wildman–Crippen MR) is 125 cm³/mol. The number of rotatable bonds is 5. The first kappa shape index (κ1) is 26.4. The van der Waals surface area contributed by atoms with Crippen LogP contribution in [0.4, 0.5) is 22.4 Å². The van der Waals surface area contributed by atoms with Crippen molar-refractivity contribution in [2.24, 2.45) is 5.92 Å². The number of benzene rings is 2. The van der Waals surface area contributed by atoms with Crippen LogP contribution in [-0.2, 0) is 15.7 Å². The first-order chi connectivity index (χ1) is 17.4. The molecule has 1 spiro atoms. The molecule has 2 aliphatic heterocycles. The van der Waals surface area contributed by atoms with Crippen molar-refractivity contribution in [2.45, 2.75) is 50.6 Å². The van der Waals surface area contributed by atoms with Crippen LogP contribution in [0.3, 0.4) is 0 Å². The fourth-order valence-corrected chi connectivity index (χ4v) is 4.86. The van der Waals surface area contributed by atoms with E-state index in [9.17, 15) is 31.9 Å². The van der Waals surface area contributed by atoms with Crippen molar-refractivity contribution in [3.05, 3.63) is 71.0 Å². The van der Waals surface area contributed by atoms with Gasteiger partial charge in [0.15, 0.2) is 0 Å². The highest BCUT2D eigenvalue weighted by atomic mass is 19.4. The average Bonchev–Trinajstić information content (AvgIpc) is 3.17. The van der Waals surface area contributed by atoms with Crippen LogP contribution in [0, 0.1) is 11.7 Å². The van der Waals surface area contributed by atoms with Crippen LogP contribution in [0.1, 0.15) is 54.2 Å². The first-order valence-corrected chi connectivity index (χ1v) is 11.9. The van der Waals surface area contributed by atoms with E-state index in [0.29, 0.717) is 31.0 Å². The van der Waals surface area contributed by atoms with E-state index in [1.54, 1.807) is 13.8 Å². The maximum atomic E-state index is 14.2. The van der Waals surface area contributed by atoms with Gasteiger partial charge >= 0.3 is 12.3 Å². The molecule has 2 fully saturated rings. The molecule has 2 saturated heterocycles. The molecule has 11 heteroatoms. The molecule has 2 heterocycles. The Kier molecular flexibility index (Phi) is 7.16. The number of carbonyl (C=O) groups excluding carboxylic acids is 3. The zero-order valence-corrected chi connectivity index (χ0v) is 20.3. The van der Waals surface area contributed by atoms with E-state index < -0.39 is 58.6 Å². The molecule has 0 aromatic heterocycles. The van der Waals surface area contributed by atoms with Gasteiger partial charge < -0.3 is 20.3 Å². The summed E-state index contributed by atoms with van der Waals surface area (Å²) in [5, 5.41) is 5.26. The number of carbonyl (C=O) groups is 3. The van der Waals surface area contributed by atoms with E-state index in [1.807, 2.05) is 30.3 Å². The van der Waals surface area contributed by atoms with Gasteiger partial charge in [-0.3, -0.25) is 9.59 Å². The lowest BCUT2D eigenvalue weighted by Crippen LogP contribution is -2.56. The maximum absolute atomic E-state index is 14.2. The van der Waals surface area contributed by atoms with Gasteiger partial charge in [0.2, 0.25) is 5.91 Å². The number of alkyl carbamates (subject to hydrolysis) is 1. The number of nitrogens with zero attached hydrogens (tertiary/aromatic N) is 1. The number of amides is 3.